The lowest BCUT2D eigenvalue weighted by Crippen LogP contribution is -2.22. The molecular weight excluding hydrogens is 261 g/mol. The number of halogens is 3. The molecule has 0 aliphatic carbocycles. The van der Waals surface area contributed by atoms with Crippen LogP contribution in [0.25, 0.3) is 0 Å². The smallest absolute Gasteiger partial charge is 0.393 e. The quantitative estimate of drug-likeness (QED) is 0.373. The fourth-order valence-electron chi connectivity index (χ4n) is 1.21. The van der Waals surface area contributed by atoms with Crippen LogP contribution in [0.2, 0.25) is 0 Å². The van der Waals surface area contributed by atoms with E-state index in [4.69, 9.17) is 5.73 Å². The van der Waals surface area contributed by atoms with Crippen LogP contribution in [0.15, 0.2) is 12.1 Å². The van der Waals surface area contributed by atoms with Crippen LogP contribution in [-0.4, -0.2) is 16.1 Å². The molecule has 0 saturated heterocycles. The van der Waals surface area contributed by atoms with Crippen LogP contribution in [0.5, 0.6) is 0 Å². The van der Waals surface area contributed by atoms with E-state index in [1.54, 1.807) is 0 Å². The van der Waals surface area contributed by atoms with E-state index in [2.05, 4.69) is 0 Å². The average molecular weight is 266 g/mol. The van der Waals surface area contributed by atoms with Gasteiger partial charge in [-0.2, -0.15) is 13.2 Å². The highest BCUT2D eigenvalue weighted by molar-refractivity contribution is 5.82. The Balaban J connectivity index is 3.53. The summed E-state index contributed by atoms with van der Waals surface area (Å²) in [5, 5.41) is 21.9. The summed E-state index contributed by atoms with van der Waals surface area (Å²) in [6, 6.07) is 1.44. The number of nitrogens with two attached hydrogens (primary N) is 1. The van der Waals surface area contributed by atoms with Gasteiger partial charge in [-0.25, -0.2) is 0 Å². The van der Waals surface area contributed by atoms with Gasteiger partial charge < -0.3 is 5.73 Å². The summed E-state index contributed by atoms with van der Waals surface area (Å²) in [5.41, 5.74) is 0.948. The number of alkyl halides is 3. The molecule has 8 nitrogen and oxygen atoms in total. The van der Waals surface area contributed by atoms with Crippen LogP contribution < -0.4 is 11.1 Å². The second kappa shape index (κ2) is 4.35. The summed E-state index contributed by atoms with van der Waals surface area (Å²) in [5.74, 6) is 0. The van der Waals surface area contributed by atoms with Gasteiger partial charge >= 0.3 is 12.0 Å². The van der Waals surface area contributed by atoms with Gasteiger partial charge in [-0.1, -0.05) is 0 Å². The molecule has 3 N–H and O–H groups in total. The van der Waals surface area contributed by atoms with Crippen molar-refractivity contribution in [1.82, 2.24) is 0 Å². The van der Waals surface area contributed by atoms with E-state index >= 15 is 0 Å². The molecule has 0 spiro atoms. The summed E-state index contributed by atoms with van der Waals surface area (Å²) >= 11 is 0. The second-order valence-electron chi connectivity index (χ2n) is 3.03. The topological polar surface area (TPSA) is 124 Å². The normalized spacial score (nSPS) is 11.1. The van der Waals surface area contributed by atoms with E-state index in [1.165, 1.54) is 0 Å². The van der Waals surface area contributed by atoms with Crippen LogP contribution in [0.4, 0.5) is 35.9 Å². The fourth-order valence-corrected chi connectivity index (χ4v) is 1.21. The predicted octanol–water partition coefficient (Wildman–Crippen LogP) is 2.02. The zero-order chi connectivity index (χ0) is 14.1. The largest absolute Gasteiger partial charge is 0.482 e. The van der Waals surface area contributed by atoms with Crippen molar-refractivity contribution in [1.29, 1.82) is 0 Å². The summed E-state index contributed by atoms with van der Waals surface area (Å²) in [7, 11) is 0. The molecule has 11 heteroatoms. The molecule has 0 aliphatic heterocycles. The first-order valence-corrected chi connectivity index (χ1v) is 4.19. The molecule has 0 atom stereocenters. The number of nitrogen functional groups attached to an aromatic ring is 1. The Morgan fingerprint density at radius 2 is 1.72 bits per heavy atom. The number of hydrogen-bond acceptors (Lipinski definition) is 6. The van der Waals surface area contributed by atoms with E-state index in [-0.39, 0.29) is 0 Å². The van der Waals surface area contributed by atoms with Crippen LogP contribution in [0.1, 0.15) is 0 Å². The maximum Gasteiger partial charge on any atom is 0.482 e. The lowest BCUT2D eigenvalue weighted by Gasteiger charge is -2.11. The summed E-state index contributed by atoms with van der Waals surface area (Å²) in [6.45, 7) is 0. The zero-order valence-corrected chi connectivity index (χ0v) is 8.39. The molecule has 0 aromatic heterocycles. The highest BCUT2D eigenvalue weighted by atomic mass is 19.4. The summed E-state index contributed by atoms with van der Waals surface area (Å²) < 4.78 is 36.5. The van der Waals surface area contributed by atoms with Gasteiger partial charge in [0.2, 0.25) is 5.69 Å². The van der Waals surface area contributed by atoms with Gasteiger partial charge in [0, 0.05) is 6.07 Å². The van der Waals surface area contributed by atoms with Gasteiger partial charge in [-0.3, -0.25) is 25.5 Å². The van der Waals surface area contributed by atoms with E-state index < -0.39 is 38.9 Å². The van der Waals surface area contributed by atoms with Gasteiger partial charge in [0.1, 0.15) is 5.69 Å². The minimum atomic E-state index is -5.07. The van der Waals surface area contributed by atoms with Crippen molar-refractivity contribution in [3.8, 4) is 0 Å². The maximum atomic E-state index is 12.2. The second-order valence-corrected chi connectivity index (χ2v) is 3.03. The summed E-state index contributed by atoms with van der Waals surface area (Å²) in [4.78, 5) is 18.7. The zero-order valence-electron chi connectivity index (χ0n) is 8.39. The summed E-state index contributed by atoms with van der Waals surface area (Å²) in [6.07, 6.45) is -5.07. The van der Waals surface area contributed by atoms with Gasteiger partial charge in [-0.05, 0) is 6.07 Å². The molecule has 1 aromatic rings. The first kappa shape index (κ1) is 13.5. The van der Waals surface area contributed by atoms with Crippen LogP contribution in [-0.2, 0) is 0 Å². The average Bonchev–Trinajstić information content (AvgIpc) is 2.13. The molecule has 98 valence electrons. The predicted molar refractivity (Wildman–Crippen MR) is 53.8 cm³/mol. The van der Waals surface area contributed by atoms with Crippen molar-refractivity contribution >= 4 is 22.7 Å². The van der Waals surface area contributed by atoms with Crippen LogP contribution >= 0.6 is 0 Å². The number of nitrogens with zero attached hydrogens (tertiary/aromatic N) is 2. The van der Waals surface area contributed by atoms with Crippen molar-refractivity contribution in [2.24, 2.45) is 0 Å². The van der Waals surface area contributed by atoms with E-state index in [0.717, 1.165) is 11.4 Å². The fraction of sp³-hybridized carbons (Fsp3) is 0.143. The standard InChI is InChI=1S/C7H5F3N4O4/c8-7(9,10)12-5-4(13(15)16)2-1-3(11)6(5)14(17)18/h1-2,12H,11H2. The number of nitrogens with one attached hydrogen (secondary N) is 1. The minimum Gasteiger partial charge on any atom is -0.393 e. The molecule has 1 aromatic carbocycles. The van der Waals surface area contributed by atoms with Gasteiger partial charge in [0.25, 0.3) is 5.69 Å². The third kappa shape index (κ3) is 2.75. The van der Waals surface area contributed by atoms with Gasteiger partial charge in [0.05, 0.1) is 9.85 Å². The Kier molecular flexibility index (Phi) is 3.26. The van der Waals surface area contributed by atoms with E-state index in [9.17, 15) is 33.4 Å². The Morgan fingerprint density at radius 3 is 2.11 bits per heavy atom. The molecular formula is C7H5F3N4O4. The van der Waals surface area contributed by atoms with Crippen molar-refractivity contribution in [3.05, 3.63) is 32.4 Å². The van der Waals surface area contributed by atoms with Crippen molar-refractivity contribution in [2.45, 2.75) is 6.30 Å². The first-order chi connectivity index (χ1) is 8.13. The number of hydrogen-bond donors (Lipinski definition) is 2. The molecule has 0 heterocycles. The van der Waals surface area contributed by atoms with Crippen molar-refractivity contribution in [3.63, 3.8) is 0 Å². The molecule has 0 amide bonds. The van der Waals surface area contributed by atoms with Gasteiger partial charge in [0.15, 0.2) is 0 Å². The minimum absolute atomic E-state index is 0.614. The van der Waals surface area contributed by atoms with Crippen molar-refractivity contribution in [2.75, 3.05) is 11.1 Å². The molecule has 0 saturated carbocycles. The Bertz CT molecular complexity index is 516. The molecule has 18 heavy (non-hydrogen) atoms. The highest BCUT2D eigenvalue weighted by Gasteiger charge is 2.37. The number of nitro benzene ring substituents is 2. The third-order valence-electron chi connectivity index (χ3n) is 1.83. The molecule has 1 rings (SSSR count). The number of nitro groups is 2. The highest BCUT2D eigenvalue weighted by Crippen LogP contribution is 2.40. The SMILES string of the molecule is Nc1ccc([N+](=O)[O-])c(NC(F)(F)F)c1[N+](=O)[O-]. The number of rotatable bonds is 3. The molecule has 0 fully saturated rings. The molecule has 0 bridgehead atoms. The maximum absolute atomic E-state index is 12.2. The lowest BCUT2D eigenvalue weighted by atomic mass is 10.2. The van der Waals surface area contributed by atoms with E-state index in [1.807, 2.05) is 0 Å². The lowest BCUT2D eigenvalue weighted by molar-refractivity contribution is -0.392. The third-order valence-corrected chi connectivity index (χ3v) is 1.83. The number of anilines is 2. The molecule has 0 radical (unpaired) electrons. The van der Waals surface area contributed by atoms with Crippen molar-refractivity contribution < 1.29 is 23.0 Å². The monoisotopic (exact) mass is 266 g/mol. The first-order valence-electron chi connectivity index (χ1n) is 4.19. The molecule has 0 aliphatic rings. The Labute approximate surface area is 96.5 Å². The Hall–Kier alpha value is -2.59. The van der Waals surface area contributed by atoms with Gasteiger partial charge in [-0.15, -0.1) is 0 Å². The molecule has 0 unspecified atom stereocenters. The number of benzene rings is 1. The van der Waals surface area contributed by atoms with Crippen LogP contribution in [0.3, 0.4) is 0 Å². The Morgan fingerprint density at radius 1 is 1.17 bits per heavy atom. The van der Waals surface area contributed by atoms with E-state index in [0.29, 0.717) is 6.07 Å². The van der Waals surface area contributed by atoms with Crippen LogP contribution in [0, 0.1) is 20.2 Å².